The summed E-state index contributed by atoms with van der Waals surface area (Å²) in [4.78, 5) is 16.4. The number of piperidine rings is 1. The molecule has 22 heavy (non-hydrogen) atoms. The summed E-state index contributed by atoms with van der Waals surface area (Å²) in [6.45, 7) is 2.71. The van der Waals surface area contributed by atoms with Crippen LogP contribution in [0.4, 0.5) is 0 Å². The van der Waals surface area contributed by atoms with Gasteiger partial charge in [0.05, 0.1) is 23.6 Å². The monoisotopic (exact) mass is 297 g/mol. The third-order valence-electron chi connectivity index (χ3n) is 4.73. The topological polar surface area (TPSA) is 63.1 Å². The van der Waals surface area contributed by atoms with Crippen molar-refractivity contribution in [1.82, 2.24) is 25.2 Å². The number of carbonyl (C=O) groups excluding carboxylic acids is 1. The molecular weight excluding hydrogens is 278 g/mol. The minimum atomic E-state index is 0.0695. The number of amides is 1. The third-order valence-corrected chi connectivity index (χ3v) is 4.73. The molecule has 114 valence electrons. The molecule has 2 saturated heterocycles. The van der Waals surface area contributed by atoms with E-state index in [4.69, 9.17) is 0 Å². The first-order valence-electron chi connectivity index (χ1n) is 7.81. The van der Waals surface area contributed by atoms with Gasteiger partial charge in [-0.05, 0) is 37.4 Å². The lowest BCUT2D eigenvalue weighted by molar-refractivity contribution is 0.0669. The van der Waals surface area contributed by atoms with Crippen molar-refractivity contribution in [3.8, 4) is 5.69 Å². The summed E-state index contributed by atoms with van der Waals surface area (Å²) in [5.41, 5.74) is 1.40. The van der Waals surface area contributed by atoms with Gasteiger partial charge in [0.15, 0.2) is 0 Å². The van der Waals surface area contributed by atoms with E-state index in [0.29, 0.717) is 11.6 Å². The number of benzene rings is 1. The van der Waals surface area contributed by atoms with E-state index >= 15 is 0 Å². The number of fused-ring (bicyclic) bond motifs is 1. The van der Waals surface area contributed by atoms with E-state index in [1.54, 1.807) is 12.4 Å². The molecule has 1 N–H and O–H groups in total. The predicted molar refractivity (Wildman–Crippen MR) is 81.8 cm³/mol. The van der Waals surface area contributed by atoms with Gasteiger partial charge in [0.25, 0.3) is 5.91 Å². The zero-order valence-corrected chi connectivity index (χ0v) is 12.4. The van der Waals surface area contributed by atoms with E-state index in [-0.39, 0.29) is 5.91 Å². The molecule has 3 heterocycles. The number of hydrogen-bond donors (Lipinski definition) is 1. The second kappa shape index (κ2) is 5.53. The molecule has 4 rings (SSSR count). The van der Waals surface area contributed by atoms with Crippen molar-refractivity contribution in [3.05, 3.63) is 42.2 Å². The average Bonchev–Trinajstić information content (AvgIpc) is 3.24. The van der Waals surface area contributed by atoms with Gasteiger partial charge in [0.1, 0.15) is 0 Å². The highest BCUT2D eigenvalue weighted by Crippen LogP contribution is 2.26. The lowest BCUT2D eigenvalue weighted by Gasteiger charge is -2.35. The fourth-order valence-corrected chi connectivity index (χ4v) is 3.56. The van der Waals surface area contributed by atoms with Crippen LogP contribution in [0.25, 0.3) is 5.69 Å². The average molecular weight is 297 g/mol. The van der Waals surface area contributed by atoms with Crippen molar-refractivity contribution in [2.45, 2.75) is 18.9 Å². The summed E-state index contributed by atoms with van der Waals surface area (Å²) in [7, 11) is 0. The van der Waals surface area contributed by atoms with Gasteiger partial charge in [0, 0.05) is 19.1 Å². The van der Waals surface area contributed by atoms with Crippen molar-refractivity contribution in [1.29, 1.82) is 0 Å². The molecule has 6 heteroatoms. The van der Waals surface area contributed by atoms with Crippen LogP contribution < -0.4 is 5.32 Å². The minimum absolute atomic E-state index is 0.0695. The first-order valence-corrected chi connectivity index (χ1v) is 7.81. The Morgan fingerprint density at radius 2 is 2.00 bits per heavy atom. The van der Waals surface area contributed by atoms with E-state index in [9.17, 15) is 4.79 Å². The third kappa shape index (κ3) is 2.29. The summed E-state index contributed by atoms with van der Waals surface area (Å²) in [6.07, 6.45) is 5.57. The van der Waals surface area contributed by atoms with Crippen LogP contribution in [-0.2, 0) is 0 Å². The van der Waals surface area contributed by atoms with Crippen LogP contribution >= 0.6 is 0 Å². The Morgan fingerprint density at radius 3 is 2.86 bits per heavy atom. The number of likely N-dealkylation sites (tertiary alicyclic amines) is 1. The molecule has 2 aliphatic rings. The van der Waals surface area contributed by atoms with Crippen LogP contribution in [0.3, 0.4) is 0 Å². The zero-order valence-electron chi connectivity index (χ0n) is 12.4. The van der Waals surface area contributed by atoms with Crippen molar-refractivity contribution in [2.75, 3.05) is 19.6 Å². The van der Waals surface area contributed by atoms with Gasteiger partial charge in [-0.25, -0.2) is 0 Å². The lowest BCUT2D eigenvalue weighted by atomic mass is 9.92. The lowest BCUT2D eigenvalue weighted by Crippen LogP contribution is -2.48. The molecule has 0 spiro atoms. The number of hydrogen-bond acceptors (Lipinski definition) is 4. The molecule has 0 radical (unpaired) electrons. The minimum Gasteiger partial charge on any atom is -0.337 e. The number of para-hydroxylation sites is 1. The Kier molecular flexibility index (Phi) is 3.38. The molecule has 2 fully saturated rings. The first kappa shape index (κ1) is 13.5. The number of nitrogens with one attached hydrogen (secondary N) is 1. The van der Waals surface area contributed by atoms with Crippen molar-refractivity contribution in [3.63, 3.8) is 0 Å². The smallest absolute Gasteiger partial charge is 0.256 e. The fourth-order valence-electron chi connectivity index (χ4n) is 3.56. The highest BCUT2D eigenvalue weighted by molar-refractivity contribution is 5.97. The second-order valence-corrected chi connectivity index (χ2v) is 5.98. The number of nitrogens with zero attached hydrogens (tertiary/aromatic N) is 4. The number of rotatable bonds is 2. The maximum Gasteiger partial charge on any atom is 0.256 e. The van der Waals surface area contributed by atoms with Gasteiger partial charge < -0.3 is 10.2 Å². The highest BCUT2D eigenvalue weighted by atomic mass is 16.2. The van der Waals surface area contributed by atoms with Crippen LogP contribution in [0.2, 0.25) is 0 Å². The largest absolute Gasteiger partial charge is 0.337 e. The van der Waals surface area contributed by atoms with Gasteiger partial charge in [-0.2, -0.15) is 15.0 Å². The van der Waals surface area contributed by atoms with E-state index in [0.717, 1.165) is 37.7 Å². The summed E-state index contributed by atoms with van der Waals surface area (Å²) < 4.78 is 0. The predicted octanol–water partition coefficient (Wildman–Crippen LogP) is 1.09. The molecule has 1 aromatic heterocycles. The standard InChI is InChI=1S/C16H19N5O/c22-16(20-10-6-12-5-7-17-14(12)11-20)13-3-1-2-4-15(13)21-18-8-9-19-21/h1-4,8-9,12,14,17H,5-7,10-11H2. The van der Waals surface area contributed by atoms with Crippen LogP contribution in [0.15, 0.2) is 36.7 Å². The molecule has 6 nitrogen and oxygen atoms in total. The maximum atomic E-state index is 12.9. The molecule has 0 saturated carbocycles. The summed E-state index contributed by atoms with van der Waals surface area (Å²) in [5, 5.41) is 11.8. The zero-order chi connectivity index (χ0) is 14.9. The molecular formula is C16H19N5O. The number of carbonyl (C=O) groups is 1. The molecule has 2 aromatic rings. The highest BCUT2D eigenvalue weighted by Gasteiger charge is 2.35. The van der Waals surface area contributed by atoms with Gasteiger partial charge in [0.2, 0.25) is 0 Å². The van der Waals surface area contributed by atoms with Gasteiger partial charge in [-0.15, -0.1) is 0 Å². The molecule has 1 aromatic carbocycles. The second-order valence-electron chi connectivity index (χ2n) is 5.98. The van der Waals surface area contributed by atoms with Crippen LogP contribution in [0, 0.1) is 5.92 Å². The van der Waals surface area contributed by atoms with Crippen molar-refractivity contribution >= 4 is 5.91 Å². The molecule has 0 aliphatic carbocycles. The van der Waals surface area contributed by atoms with Gasteiger partial charge in [-0.1, -0.05) is 12.1 Å². The summed E-state index contributed by atoms with van der Waals surface area (Å²) >= 11 is 0. The Bertz CT molecular complexity index is 669. The molecule has 0 bridgehead atoms. The Hall–Kier alpha value is -2.21. The quantitative estimate of drug-likeness (QED) is 0.901. The normalized spacial score (nSPS) is 24.3. The molecule has 2 atom stereocenters. The van der Waals surface area contributed by atoms with E-state index in [1.165, 1.54) is 11.2 Å². The summed E-state index contributed by atoms with van der Waals surface area (Å²) in [5.74, 6) is 0.798. The Balaban J connectivity index is 1.61. The van der Waals surface area contributed by atoms with E-state index < -0.39 is 0 Å². The molecule has 2 aliphatic heterocycles. The molecule has 2 unspecified atom stereocenters. The van der Waals surface area contributed by atoms with Crippen LogP contribution in [0.1, 0.15) is 23.2 Å². The fraction of sp³-hybridized carbons (Fsp3) is 0.438. The van der Waals surface area contributed by atoms with E-state index in [1.807, 2.05) is 29.2 Å². The Labute approximate surface area is 129 Å². The van der Waals surface area contributed by atoms with E-state index in [2.05, 4.69) is 15.5 Å². The SMILES string of the molecule is O=C(c1ccccc1-n1nccn1)N1CCC2CCNC2C1. The maximum absolute atomic E-state index is 12.9. The van der Waals surface area contributed by atoms with Crippen LogP contribution in [-0.4, -0.2) is 51.5 Å². The number of aromatic nitrogens is 3. The van der Waals surface area contributed by atoms with Crippen molar-refractivity contribution in [2.24, 2.45) is 5.92 Å². The van der Waals surface area contributed by atoms with Crippen LogP contribution in [0.5, 0.6) is 0 Å². The first-order chi connectivity index (χ1) is 10.8. The van der Waals surface area contributed by atoms with Gasteiger partial charge in [-0.3, -0.25) is 4.79 Å². The Morgan fingerprint density at radius 1 is 1.18 bits per heavy atom. The van der Waals surface area contributed by atoms with Crippen molar-refractivity contribution < 1.29 is 4.79 Å². The van der Waals surface area contributed by atoms with Gasteiger partial charge >= 0.3 is 0 Å². The molecule has 1 amide bonds. The summed E-state index contributed by atoms with van der Waals surface area (Å²) in [6, 6.07) is 7.98.